The van der Waals surface area contributed by atoms with Crippen molar-refractivity contribution in [2.24, 2.45) is 0 Å². The van der Waals surface area contributed by atoms with Gasteiger partial charge in [0.2, 0.25) is 11.8 Å². The summed E-state index contributed by atoms with van der Waals surface area (Å²) in [5, 5.41) is 3.23. The van der Waals surface area contributed by atoms with E-state index in [2.05, 4.69) is 5.32 Å². The van der Waals surface area contributed by atoms with Gasteiger partial charge in [0.25, 0.3) is 0 Å². The summed E-state index contributed by atoms with van der Waals surface area (Å²) in [5.41, 5.74) is 0. The molecule has 19 heavy (non-hydrogen) atoms. The van der Waals surface area contributed by atoms with Crippen LogP contribution in [0.5, 0.6) is 0 Å². The van der Waals surface area contributed by atoms with E-state index in [1.807, 2.05) is 0 Å². The molecule has 0 aromatic rings. The summed E-state index contributed by atoms with van der Waals surface area (Å²) in [6.07, 6.45) is 7.08. The van der Waals surface area contributed by atoms with E-state index < -0.39 is 0 Å². The number of carbonyl (C=O) groups excluding carboxylic acids is 2. The standard InChI is InChI=1S/C14H22N2O3/c17-13-9-12(14(18)16(13)10-4-5-10)15-7-6-11-3-1-2-8-19-11/h10-12,15H,1-9H2. The van der Waals surface area contributed by atoms with Crippen LogP contribution in [-0.4, -0.2) is 48.1 Å². The molecule has 0 radical (unpaired) electrons. The maximum atomic E-state index is 12.1. The van der Waals surface area contributed by atoms with E-state index in [0.29, 0.717) is 12.5 Å². The molecule has 2 amide bonds. The van der Waals surface area contributed by atoms with Crippen LogP contribution in [0.25, 0.3) is 0 Å². The van der Waals surface area contributed by atoms with Crippen molar-refractivity contribution in [2.45, 2.75) is 63.1 Å². The molecule has 1 saturated carbocycles. The van der Waals surface area contributed by atoms with Crippen LogP contribution in [0.2, 0.25) is 0 Å². The van der Waals surface area contributed by atoms with Crippen LogP contribution >= 0.6 is 0 Å². The van der Waals surface area contributed by atoms with Crippen LogP contribution in [0.3, 0.4) is 0 Å². The topological polar surface area (TPSA) is 58.6 Å². The van der Waals surface area contributed by atoms with Gasteiger partial charge in [-0.15, -0.1) is 0 Å². The molecule has 0 aromatic carbocycles. The summed E-state index contributed by atoms with van der Waals surface area (Å²) in [7, 11) is 0. The van der Waals surface area contributed by atoms with Crippen molar-refractivity contribution in [3.63, 3.8) is 0 Å². The highest BCUT2D eigenvalue weighted by atomic mass is 16.5. The summed E-state index contributed by atoms with van der Waals surface area (Å²) in [6, 6.07) is -0.0924. The van der Waals surface area contributed by atoms with Gasteiger partial charge in [0, 0.05) is 12.6 Å². The van der Waals surface area contributed by atoms with Gasteiger partial charge in [-0.2, -0.15) is 0 Å². The lowest BCUT2D eigenvalue weighted by molar-refractivity contribution is -0.139. The molecule has 5 heteroatoms. The highest BCUT2D eigenvalue weighted by Gasteiger charge is 2.45. The van der Waals surface area contributed by atoms with E-state index in [0.717, 1.165) is 45.3 Å². The quantitative estimate of drug-likeness (QED) is 0.749. The SMILES string of the molecule is O=C1CC(NCCC2CCCCO2)C(=O)N1C1CC1. The van der Waals surface area contributed by atoms with Crippen LogP contribution < -0.4 is 5.32 Å². The van der Waals surface area contributed by atoms with Gasteiger partial charge in [0.05, 0.1) is 18.6 Å². The van der Waals surface area contributed by atoms with Crippen molar-refractivity contribution in [3.05, 3.63) is 0 Å². The first-order valence-corrected chi connectivity index (χ1v) is 7.46. The van der Waals surface area contributed by atoms with E-state index >= 15 is 0 Å². The number of hydrogen-bond donors (Lipinski definition) is 1. The summed E-state index contributed by atoms with van der Waals surface area (Å²) in [6.45, 7) is 1.62. The van der Waals surface area contributed by atoms with Crippen molar-refractivity contribution in [1.82, 2.24) is 10.2 Å². The summed E-state index contributed by atoms with van der Waals surface area (Å²) >= 11 is 0. The van der Waals surface area contributed by atoms with Gasteiger partial charge < -0.3 is 10.1 Å². The summed E-state index contributed by atoms with van der Waals surface area (Å²) in [4.78, 5) is 25.4. The molecule has 2 atom stereocenters. The minimum atomic E-state index is -0.295. The fourth-order valence-electron chi connectivity index (χ4n) is 2.98. The smallest absolute Gasteiger partial charge is 0.247 e. The Hall–Kier alpha value is -0.940. The van der Waals surface area contributed by atoms with E-state index in [-0.39, 0.29) is 23.9 Å². The monoisotopic (exact) mass is 266 g/mol. The molecule has 2 aliphatic heterocycles. The van der Waals surface area contributed by atoms with Crippen LogP contribution in [0, 0.1) is 0 Å². The zero-order chi connectivity index (χ0) is 13.2. The van der Waals surface area contributed by atoms with Gasteiger partial charge in [0.1, 0.15) is 0 Å². The first kappa shape index (κ1) is 13.1. The molecular weight excluding hydrogens is 244 g/mol. The second-order valence-electron chi connectivity index (χ2n) is 5.82. The fourth-order valence-corrected chi connectivity index (χ4v) is 2.98. The highest BCUT2D eigenvalue weighted by molar-refractivity contribution is 6.06. The predicted molar refractivity (Wildman–Crippen MR) is 69.5 cm³/mol. The first-order chi connectivity index (χ1) is 9.25. The number of ether oxygens (including phenoxy) is 1. The lowest BCUT2D eigenvalue weighted by atomic mass is 10.1. The molecule has 106 valence electrons. The summed E-state index contributed by atoms with van der Waals surface area (Å²) < 4.78 is 5.66. The van der Waals surface area contributed by atoms with Crippen molar-refractivity contribution < 1.29 is 14.3 Å². The third-order valence-corrected chi connectivity index (χ3v) is 4.23. The lowest BCUT2D eigenvalue weighted by Gasteiger charge is -2.23. The normalized spacial score (nSPS) is 32.1. The number of amides is 2. The Morgan fingerprint density at radius 1 is 1.21 bits per heavy atom. The van der Waals surface area contributed by atoms with Crippen LogP contribution in [0.15, 0.2) is 0 Å². The second-order valence-corrected chi connectivity index (χ2v) is 5.82. The molecule has 0 aromatic heterocycles. The molecule has 3 aliphatic rings. The number of carbonyl (C=O) groups is 2. The average Bonchev–Trinajstić information content (AvgIpc) is 3.19. The molecular formula is C14H22N2O3. The van der Waals surface area contributed by atoms with E-state index in [4.69, 9.17) is 4.74 Å². The number of hydrogen-bond acceptors (Lipinski definition) is 4. The van der Waals surface area contributed by atoms with Gasteiger partial charge >= 0.3 is 0 Å². The zero-order valence-corrected chi connectivity index (χ0v) is 11.3. The average molecular weight is 266 g/mol. The first-order valence-electron chi connectivity index (χ1n) is 7.46. The van der Waals surface area contributed by atoms with E-state index in [1.54, 1.807) is 0 Å². The zero-order valence-electron chi connectivity index (χ0n) is 11.3. The fraction of sp³-hybridized carbons (Fsp3) is 0.857. The van der Waals surface area contributed by atoms with E-state index in [9.17, 15) is 9.59 Å². The van der Waals surface area contributed by atoms with Gasteiger partial charge in [0.15, 0.2) is 0 Å². The molecule has 5 nitrogen and oxygen atoms in total. The maximum Gasteiger partial charge on any atom is 0.247 e. The third kappa shape index (κ3) is 2.98. The van der Waals surface area contributed by atoms with Crippen molar-refractivity contribution in [2.75, 3.05) is 13.2 Å². The molecule has 1 N–H and O–H groups in total. The minimum Gasteiger partial charge on any atom is -0.378 e. The van der Waals surface area contributed by atoms with Gasteiger partial charge in [-0.05, 0) is 45.1 Å². The third-order valence-electron chi connectivity index (χ3n) is 4.23. The Morgan fingerprint density at radius 3 is 2.74 bits per heavy atom. The Morgan fingerprint density at radius 2 is 2.05 bits per heavy atom. The van der Waals surface area contributed by atoms with Gasteiger partial charge in [-0.25, -0.2) is 0 Å². The molecule has 3 fully saturated rings. The largest absolute Gasteiger partial charge is 0.378 e. The van der Waals surface area contributed by atoms with Crippen molar-refractivity contribution in [3.8, 4) is 0 Å². The lowest BCUT2D eigenvalue weighted by Crippen LogP contribution is -2.40. The molecule has 0 spiro atoms. The van der Waals surface area contributed by atoms with Crippen molar-refractivity contribution in [1.29, 1.82) is 0 Å². The number of nitrogens with zero attached hydrogens (tertiary/aromatic N) is 1. The number of rotatable bonds is 5. The van der Waals surface area contributed by atoms with Gasteiger partial charge in [-0.1, -0.05) is 0 Å². The predicted octanol–water partition coefficient (Wildman–Crippen LogP) is 0.825. The van der Waals surface area contributed by atoms with Gasteiger partial charge in [-0.3, -0.25) is 14.5 Å². The molecule has 3 rings (SSSR count). The minimum absolute atomic E-state index is 0.00100. The van der Waals surface area contributed by atoms with Crippen LogP contribution in [-0.2, 0) is 14.3 Å². The number of imide groups is 1. The molecule has 2 heterocycles. The Balaban J connectivity index is 1.42. The van der Waals surface area contributed by atoms with E-state index in [1.165, 1.54) is 11.3 Å². The molecule has 1 aliphatic carbocycles. The van der Waals surface area contributed by atoms with Crippen LogP contribution in [0.1, 0.15) is 44.9 Å². The second kappa shape index (κ2) is 5.59. The Bertz CT molecular complexity index is 362. The van der Waals surface area contributed by atoms with Crippen LogP contribution in [0.4, 0.5) is 0 Å². The Labute approximate surface area is 113 Å². The Kier molecular flexibility index (Phi) is 3.84. The molecule has 0 bridgehead atoms. The summed E-state index contributed by atoms with van der Waals surface area (Å²) in [5.74, 6) is -0.0176. The number of likely N-dealkylation sites (tertiary alicyclic amines) is 1. The number of nitrogens with one attached hydrogen (secondary N) is 1. The molecule has 2 saturated heterocycles. The maximum absolute atomic E-state index is 12.1. The molecule has 2 unspecified atom stereocenters. The highest BCUT2D eigenvalue weighted by Crippen LogP contribution is 2.31. The van der Waals surface area contributed by atoms with Crippen molar-refractivity contribution >= 4 is 11.8 Å².